The lowest BCUT2D eigenvalue weighted by atomic mass is 10.2. The zero-order chi connectivity index (χ0) is 21.7. The molecule has 10 heteroatoms. The first-order valence-corrected chi connectivity index (χ1v) is 10.8. The normalized spacial score (nSPS) is 21.8. The van der Waals surface area contributed by atoms with Crippen molar-refractivity contribution in [3.8, 4) is 0 Å². The van der Waals surface area contributed by atoms with Gasteiger partial charge >= 0.3 is 0 Å². The third-order valence-corrected chi connectivity index (χ3v) is 5.90. The third kappa shape index (κ3) is 5.69. The van der Waals surface area contributed by atoms with Crippen molar-refractivity contribution in [2.45, 2.75) is 39.8 Å². The molecule has 2 saturated heterocycles. The summed E-state index contributed by atoms with van der Waals surface area (Å²) in [6.07, 6.45) is 0. The van der Waals surface area contributed by atoms with Gasteiger partial charge in [0.2, 0.25) is 0 Å². The van der Waals surface area contributed by atoms with Gasteiger partial charge in [0.1, 0.15) is 0 Å². The van der Waals surface area contributed by atoms with E-state index < -0.39 is 0 Å². The Bertz CT molecular complexity index is 787. The average Bonchev–Trinajstić information content (AvgIpc) is 2.73. The van der Waals surface area contributed by atoms with Crippen molar-refractivity contribution in [2.24, 2.45) is 0 Å². The van der Waals surface area contributed by atoms with Crippen LogP contribution < -0.4 is 9.80 Å². The Morgan fingerprint density at radius 2 is 1.17 bits per heavy atom. The fraction of sp³-hybridized carbons (Fsp3) is 0.600. The molecule has 0 amide bonds. The predicted molar refractivity (Wildman–Crippen MR) is 119 cm³/mol. The highest BCUT2D eigenvalue weighted by atomic mass is 35.5. The lowest BCUT2D eigenvalue weighted by Crippen LogP contribution is -2.44. The summed E-state index contributed by atoms with van der Waals surface area (Å²) < 4.78 is 10.7. The highest BCUT2D eigenvalue weighted by Crippen LogP contribution is 2.22. The van der Waals surface area contributed by atoms with Crippen molar-refractivity contribution in [3.63, 3.8) is 0 Å². The van der Waals surface area contributed by atoms with Gasteiger partial charge < -0.3 is 19.3 Å². The summed E-state index contributed by atoms with van der Waals surface area (Å²) in [5.41, 5.74) is 1.53. The van der Waals surface area contributed by atoms with Crippen molar-refractivity contribution >= 4 is 34.8 Å². The molecule has 0 spiro atoms. The molecule has 4 rings (SSSR count). The van der Waals surface area contributed by atoms with E-state index in [1.54, 1.807) is 0 Å². The zero-order valence-electron chi connectivity index (χ0n) is 17.8. The van der Waals surface area contributed by atoms with Crippen LogP contribution in [-0.4, -0.2) is 72.0 Å². The van der Waals surface area contributed by atoms with E-state index in [1.165, 1.54) is 0 Å². The Labute approximate surface area is 187 Å². The SMILES string of the molecule is Cc1nnc(N2CCOC[C@H]2C)cc1Cl.Cc1nnc(N2CCOC[C@H]2C)cc1Cl. The summed E-state index contributed by atoms with van der Waals surface area (Å²) in [7, 11) is 0. The standard InChI is InChI=1S/2C10H14ClN3O/c2*1-7-6-15-4-3-14(7)10-5-9(11)8(2)12-13-10/h2*5,7H,3-4,6H2,1-2H3/t2*7-/m11/s1. The average molecular weight is 455 g/mol. The number of aromatic nitrogens is 4. The highest BCUT2D eigenvalue weighted by molar-refractivity contribution is 6.31. The molecule has 2 aromatic rings. The number of anilines is 2. The summed E-state index contributed by atoms with van der Waals surface area (Å²) in [4.78, 5) is 4.34. The molecule has 0 unspecified atom stereocenters. The van der Waals surface area contributed by atoms with Crippen LogP contribution in [0.3, 0.4) is 0 Å². The van der Waals surface area contributed by atoms with Gasteiger partial charge in [0.15, 0.2) is 11.6 Å². The van der Waals surface area contributed by atoms with Crippen LogP contribution in [0.15, 0.2) is 12.1 Å². The maximum absolute atomic E-state index is 6.02. The molecule has 0 aromatic carbocycles. The van der Waals surface area contributed by atoms with Crippen LogP contribution >= 0.6 is 23.2 Å². The number of morpholine rings is 2. The minimum Gasteiger partial charge on any atom is -0.377 e. The minimum atomic E-state index is 0.326. The van der Waals surface area contributed by atoms with E-state index in [1.807, 2.05) is 26.0 Å². The molecule has 0 saturated carbocycles. The highest BCUT2D eigenvalue weighted by Gasteiger charge is 2.22. The zero-order valence-corrected chi connectivity index (χ0v) is 19.3. The molecule has 0 N–H and O–H groups in total. The van der Waals surface area contributed by atoms with Crippen LogP contribution in [0, 0.1) is 13.8 Å². The van der Waals surface area contributed by atoms with Crippen LogP contribution in [0.4, 0.5) is 11.6 Å². The summed E-state index contributed by atoms with van der Waals surface area (Å²) in [6, 6.07) is 4.39. The summed E-state index contributed by atoms with van der Waals surface area (Å²) in [5, 5.41) is 17.7. The molecule has 0 radical (unpaired) electrons. The monoisotopic (exact) mass is 454 g/mol. The number of aryl methyl sites for hydroxylation is 2. The van der Waals surface area contributed by atoms with Gasteiger partial charge in [-0.3, -0.25) is 0 Å². The Morgan fingerprint density at radius 3 is 1.50 bits per heavy atom. The second-order valence-corrected chi connectivity index (χ2v) is 8.32. The molecule has 0 aliphatic carbocycles. The van der Waals surface area contributed by atoms with E-state index in [4.69, 9.17) is 32.7 Å². The molecule has 4 heterocycles. The molecule has 2 aliphatic rings. The van der Waals surface area contributed by atoms with Crippen LogP contribution in [-0.2, 0) is 9.47 Å². The van der Waals surface area contributed by atoms with Crippen molar-refractivity contribution in [1.29, 1.82) is 0 Å². The third-order valence-electron chi connectivity index (χ3n) is 5.13. The van der Waals surface area contributed by atoms with Crippen molar-refractivity contribution in [1.82, 2.24) is 20.4 Å². The first kappa shape index (κ1) is 22.9. The molecule has 2 atom stereocenters. The second-order valence-electron chi connectivity index (χ2n) is 7.51. The number of hydrogen-bond donors (Lipinski definition) is 0. The van der Waals surface area contributed by atoms with Gasteiger partial charge in [-0.05, 0) is 27.7 Å². The molecule has 2 aromatic heterocycles. The summed E-state index contributed by atoms with van der Waals surface area (Å²) >= 11 is 12.0. The van der Waals surface area contributed by atoms with E-state index in [9.17, 15) is 0 Å². The molecule has 2 aliphatic heterocycles. The molecule has 8 nitrogen and oxygen atoms in total. The lowest BCUT2D eigenvalue weighted by molar-refractivity contribution is 0.0984. The van der Waals surface area contributed by atoms with Gasteiger partial charge in [0, 0.05) is 25.2 Å². The topological polar surface area (TPSA) is 76.5 Å². The van der Waals surface area contributed by atoms with Crippen LogP contribution in [0.1, 0.15) is 25.2 Å². The van der Waals surface area contributed by atoms with Crippen LogP contribution in [0.2, 0.25) is 10.0 Å². The smallest absolute Gasteiger partial charge is 0.153 e. The van der Waals surface area contributed by atoms with Gasteiger partial charge in [-0.2, -0.15) is 10.2 Å². The fourth-order valence-electron chi connectivity index (χ4n) is 3.26. The first-order valence-electron chi connectivity index (χ1n) is 10.0. The van der Waals surface area contributed by atoms with E-state index >= 15 is 0 Å². The Balaban J connectivity index is 0.000000171. The van der Waals surface area contributed by atoms with Gasteiger partial charge in [-0.15, -0.1) is 10.2 Å². The van der Waals surface area contributed by atoms with Gasteiger partial charge in [0.25, 0.3) is 0 Å². The van der Waals surface area contributed by atoms with E-state index in [-0.39, 0.29) is 0 Å². The lowest BCUT2D eigenvalue weighted by Gasteiger charge is -2.33. The number of rotatable bonds is 2. The van der Waals surface area contributed by atoms with Gasteiger partial charge in [0.05, 0.1) is 59.9 Å². The Kier molecular flexibility index (Phi) is 8.05. The van der Waals surface area contributed by atoms with Crippen molar-refractivity contribution in [3.05, 3.63) is 33.6 Å². The van der Waals surface area contributed by atoms with E-state index in [0.29, 0.717) is 22.1 Å². The molecular weight excluding hydrogens is 427 g/mol. The summed E-state index contributed by atoms with van der Waals surface area (Å²) in [6.45, 7) is 12.5. The van der Waals surface area contributed by atoms with Crippen molar-refractivity contribution < 1.29 is 9.47 Å². The van der Waals surface area contributed by atoms with Crippen LogP contribution in [0.5, 0.6) is 0 Å². The predicted octanol–water partition coefficient (Wildman–Crippen LogP) is 3.33. The molecule has 30 heavy (non-hydrogen) atoms. The quantitative estimate of drug-likeness (QED) is 0.683. The fourth-order valence-corrected chi connectivity index (χ4v) is 3.53. The number of ether oxygens (including phenoxy) is 2. The molecular formula is C20H28Cl2N6O2. The first-order chi connectivity index (χ1) is 14.4. The summed E-state index contributed by atoms with van der Waals surface area (Å²) in [5.74, 6) is 1.67. The van der Waals surface area contributed by atoms with Crippen LogP contribution in [0.25, 0.3) is 0 Å². The Morgan fingerprint density at radius 1 is 0.767 bits per heavy atom. The molecule has 0 bridgehead atoms. The maximum Gasteiger partial charge on any atom is 0.153 e. The molecule has 2 fully saturated rings. The Hall–Kier alpha value is -1.74. The van der Waals surface area contributed by atoms with E-state index in [2.05, 4.69) is 44.0 Å². The number of nitrogens with zero attached hydrogens (tertiary/aromatic N) is 6. The minimum absolute atomic E-state index is 0.326. The van der Waals surface area contributed by atoms with Crippen molar-refractivity contribution in [2.75, 3.05) is 49.3 Å². The molecule has 164 valence electrons. The van der Waals surface area contributed by atoms with Gasteiger partial charge in [-0.1, -0.05) is 23.2 Å². The van der Waals surface area contributed by atoms with Gasteiger partial charge in [-0.25, -0.2) is 0 Å². The number of hydrogen-bond acceptors (Lipinski definition) is 8. The second kappa shape index (κ2) is 10.5. The number of halogens is 2. The largest absolute Gasteiger partial charge is 0.377 e. The maximum atomic E-state index is 6.02. The van der Waals surface area contributed by atoms with E-state index in [0.717, 1.165) is 62.5 Å².